The van der Waals surface area contributed by atoms with Crippen LogP contribution in [0.2, 0.25) is 0 Å². The number of nitrogens with zero attached hydrogens (tertiary/aromatic N) is 3. The van der Waals surface area contributed by atoms with Crippen molar-refractivity contribution < 1.29 is 27.1 Å². The van der Waals surface area contributed by atoms with Gasteiger partial charge in [0.25, 0.3) is 0 Å². The van der Waals surface area contributed by atoms with Crippen LogP contribution < -0.4 is 4.74 Å². The number of rotatable bonds is 5. The van der Waals surface area contributed by atoms with Gasteiger partial charge in [-0.3, -0.25) is 4.79 Å². The summed E-state index contributed by atoms with van der Waals surface area (Å²) in [6, 6.07) is 5.73. The maximum Gasteiger partial charge on any atom is 0.573 e. The minimum atomic E-state index is -4.72. The third-order valence-corrected chi connectivity index (χ3v) is 4.51. The van der Waals surface area contributed by atoms with Gasteiger partial charge in [-0.2, -0.15) is 0 Å². The first-order valence-corrected chi connectivity index (χ1v) is 8.63. The fourth-order valence-corrected chi connectivity index (χ4v) is 3.23. The van der Waals surface area contributed by atoms with Gasteiger partial charge >= 0.3 is 6.36 Å². The normalized spacial score (nSPS) is 20.7. The van der Waals surface area contributed by atoms with E-state index in [0.717, 1.165) is 12.0 Å². The van der Waals surface area contributed by atoms with E-state index in [9.17, 15) is 18.0 Å². The Morgan fingerprint density at radius 2 is 1.85 bits per heavy atom. The molecule has 6 nitrogen and oxygen atoms in total. The highest BCUT2D eigenvalue weighted by molar-refractivity contribution is 5.48. The molecule has 0 bridgehead atoms. The lowest BCUT2D eigenvalue weighted by atomic mass is 9.84. The summed E-state index contributed by atoms with van der Waals surface area (Å²) in [5, 5.41) is 8.15. The molecule has 2 aromatic rings. The molecule has 0 spiro atoms. The number of carbonyl (C=O) groups is 1. The van der Waals surface area contributed by atoms with Gasteiger partial charge in [-0.05, 0) is 24.1 Å². The first-order valence-electron chi connectivity index (χ1n) is 8.63. The van der Waals surface area contributed by atoms with Gasteiger partial charge < -0.3 is 14.1 Å². The molecule has 1 aromatic carbocycles. The van der Waals surface area contributed by atoms with E-state index in [1.165, 1.54) is 12.1 Å². The summed E-state index contributed by atoms with van der Waals surface area (Å²) >= 11 is 0. The van der Waals surface area contributed by atoms with Gasteiger partial charge in [-0.25, -0.2) is 0 Å². The number of hydrogen-bond acceptors (Lipinski definition) is 5. The summed E-state index contributed by atoms with van der Waals surface area (Å²) < 4.78 is 46.5. The Morgan fingerprint density at radius 1 is 1.19 bits per heavy atom. The monoisotopic (exact) mass is 383 g/mol. The molecule has 2 heterocycles. The fraction of sp³-hybridized carbons (Fsp3) is 0.500. The predicted octanol–water partition coefficient (Wildman–Crippen LogP) is 3.82. The summed E-state index contributed by atoms with van der Waals surface area (Å²) in [5.41, 5.74) is 0.824. The quantitative estimate of drug-likeness (QED) is 0.734. The van der Waals surface area contributed by atoms with E-state index in [1.807, 2.05) is 13.8 Å². The topological polar surface area (TPSA) is 68.5 Å². The Bertz CT molecular complexity index is 774. The number of amides is 1. The molecule has 2 unspecified atom stereocenters. The minimum Gasteiger partial charge on any atom is -0.425 e. The Labute approximate surface area is 154 Å². The molecular formula is C18H20F3N3O3. The van der Waals surface area contributed by atoms with E-state index in [0.29, 0.717) is 31.3 Å². The van der Waals surface area contributed by atoms with Gasteiger partial charge in [0.05, 0.1) is 5.92 Å². The zero-order chi connectivity index (χ0) is 19.6. The summed E-state index contributed by atoms with van der Waals surface area (Å²) in [6.07, 6.45) is -3.30. The number of ether oxygens (including phenoxy) is 1. The minimum absolute atomic E-state index is 0.0525. The van der Waals surface area contributed by atoms with Gasteiger partial charge in [-0.15, -0.1) is 23.4 Å². The Hall–Kier alpha value is -2.58. The third kappa shape index (κ3) is 4.78. The van der Waals surface area contributed by atoms with Crippen LogP contribution >= 0.6 is 0 Å². The molecule has 3 rings (SSSR count). The van der Waals surface area contributed by atoms with Crippen molar-refractivity contribution in [3.8, 4) is 5.75 Å². The Kier molecular flexibility index (Phi) is 5.38. The third-order valence-electron chi connectivity index (χ3n) is 4.51. The molecule has 0 N–H and O–H groups in total. The molecule has 2 atom stereocenters. The van der Waals surface area contributed by atoms with E-state index >= 15 is 0 Å². The maximum atomic E-state index is 12.3. The molecule has 1 aromatic heterocycles. The van der Waals surface area contributed by atoms with Crippen LogP contribution in [0.5, 0.6) is 5.75 Å². The van der Waals surface area contributed by atoms with Crippen LogP contribution in [0.1, 0.15) is 55.4 Å². The number of aromatic nitrogens is 2. The molecule has 1 fully saturated rings. The van der Waals surface area contributed by atoms with E-state index in [2.05, 4.69) is 14.9 Å². The van der Waals surface area contributed by atoms with Crippen molar-refractivity contribution in [2.45, 2.75) is 44.4 Å². The standard InChI is InChI=1S/C18H20F3N3O3/c1-11(2)16-22-23-17(26-16)14-7-13(8-24(9-14)10-25)12-3-5-15(6-4-12)27-18(19,20)21/h3-6,10-11,13-14H,7-9H2,1-2H3. The Balaban J connectivity index is 1.77. The summed E-state index contributed by atoms with van der Waals surface area (Å²) in [5.74, 6) is 0.673. The summed E-state index contributed by atoms with van der Waals surface area (Å²) in [7, 11) is 0. The molecule has 1 aliphatic rings. The van der Waals surface area contributed by atoms with E-state index in [-0.39, 0.29) is 23.5 Å². The van der Waals surface area contributed by atoms with Gasteiger partial charge in [0, 0.05) is 24.9 Å². The smallest absolute Gasteiger partial charge is 0.425 e. The van der Waals surface area contributed by atoms with Crippen LogP contribution in [0.3, 0.4) is 0 Å². The van der Waals surface area contributed by atoms with E-state index in [4.69, 9.17) is 4.42 Å². The highest BCUT2D eigenvalue weighted by Gasteiger charge is 2.33. The van der Waals surface area contributed by atoms with Crippen LogP contribution in [0, 0.1) is 0 Å². The highest BCUT2D eigenvalue weighted by Crippen LogP contribution is 2.36. The lowest BCUT2D eigenvalue weighted by Crippen LogP contribution is -2.37. The molecule has 146 valence electrons. The molecule has 1 saturated heterocycles. The van der Waals surface area contributed by atoms with Gasteiger partial charge in [0.15, 0.2) is 0 Å². The highest BCUT2D eigenvalue weighted by atomic mass is 19.4. The molecule has 0 radical (unpaired) electrons. The number of piperidine rings is 1. The van der Waals surface area contributed by atoms with Crippen LogP contribution in [0.25, 0.3) is 0 Å². The number of hydrogen-bond donors (Lipinski definition) is 0. The summed E-state index contributed by atoms with van der Waals surface area (Å²) in [4.78, 5) is 13.0. The van der Waals surface area contributed by atoms with Gasteiger partial charge in [-0.1, -0.05) is 26.0 Å². The number of alkyl halides is 3. The van der Waals surface area contributed by atoms with Gasteiger partial charge in [0.2, 0.25) is 18.2 Å². The SMILES string of the molecule is CC(C)c1nnc(C2CC(c3ccc(OC(F)(F)F)cc3)CN(C=O)C2)o1. The predicted molar refractivity (Wildman–Crippen MR) is 89.2 cm³/mol. The van der Waals surface area contributed by atoms with E-state index < -0.39 is 6.36 Å². The van der Waals surface area contributed by atoms with Crippen molar-refractivity contribution >= 4 is 6.41 Å². The van der Waals surface area contributed by atoms with Crippen molar-refractivity contribution in [3.63, 3.8) is 0 Å². The molecular weight excluding hydrogens is 363 g/mol. The maximum absolute atomic E-state index is 12.3. The number of likely N-dealkylation sites (tertiary alicyclic amines) is 1. The lowest BCUT2D eigenvalue weighted by molar-refractivity contribution is -0.274. The average molecular weight is 383 g/mol. The second-order valence-corrected chi connectivity index (χ2v) is 6.94. The zero-order valence-corrected chi connectivity index (χ0v) is 14.9. The van der Waals surface area contributed by atoms with Crippen LogP contribution in [-0.2, 0) is 4.79 Å². The van der Waals surface area contributed by atoms with Crippen molar-refractivity contribution in [1.82, 2.24) is 15.1 Å². The second-order valence-electron chi connectivity index (χ2n) is 6.94. The number of halogens is 3. The Morgan fingerprint density at radius 3 is 2.41 bits per heavy atom. The number of carbonyl (C=O) groups excluding carboxylic acids is 1. The average Bonchev–Trinajstić information content (AvgIpc) is 3.11. The molecule has 1 amide bonds. The molecule has 1 aliphatic heterocycles. The molecule has 9 heteroatoms. The van der Waals surface area contributed by atoms with Crippen molar-refractivity contribution in [1.29, 1.82) is 0 Å². The van der Waals surface area contributed by atoms with Crippen LogP contribution in [0.4, 0.5) is 13.2 Å². The van der Waals surface area contributed by atoms with E-state index in [1.54, 1.807) is 17.0 Å². The molecule has 27 heavy (non-hydrogen) atoms. The van der Waals surface area contributed by atoms with Crippen LogP contribution in [-0.4, -0.2) is 41.0 Å². The molecule has 0 aliphatic carbocycles. The van der Waals surface area contributed by atoms with Crippen molar-refractivity contribution in [2.24, 2.45) is 0 Å². The zero-order valence-electron chi connectivity index (χ0n) is 14.9. The van der Waals surface area contributed by atoms with Crippen molar-refractivity contribution in [2.75, 3.05) is 13.1 Å². The first-order chi connectivity index (χ1) is 12.7. The molecule has 0 saturated carbocycles. The van der Waals surface area contributed by atoms with Crippen LogP contribution in [0.15, 0.2) is 28.7 Å². The van der Waals surface area contributed by atoms with Gasteiger partial charge in [0.1, 0.15) is 5.75 Å². The fourth-order valence-electron chi connectivity index (χ4n) is 3.23. The summed E-state index contributed by atoms with van der Waals surface area (Å²) in [6.45, 7) is 4.84. The lowest BCUT2D eigenvalue weighted by Gasteiger charge is -2.34. The largest absolute Gasteiger partial charge is 0.573 e. The number of benzene rings is 1. The first kappa shape index (κ1) is 19.2. The van der Waals surface area contributed by atoms with Crippen molar-refractivity contribution in [3.05, 3.63) is 41.6 Å². The second kappa shape index (κ2) is 7.58.